The van der Waals surface area contributed by atoms with Gasteiger partial charge < -0.3 is 20.3 Å². The summed E-state index contributed by atoms with van der Waals surface area (Å²) in [5.41, 5.74) is 8.90. The van der Waals surface area contributed by atoms with Crippen LogP contribution in [0.4, 0.5) is 4.39 Å². The highest BCUT2D eigenvalue weighted by atomic mass is 19.1. The molecule has 2 amide bonds. The molecular weight excluding hydrogens is 457 g/mol. The summed E-state index contributed by atoms with van der Waals surface area (Å²) in [4.78, 5) is 30.0. The summed E-state index contributed by atoms with van der Waals surface area (Å²) in [6.45, 7) is 0.446. The molecule has 0 fully saturated rings. The molecule has 36 heavy (non-hydrogen) atoms. The van der Waals surface area contributed by atoms with Gasteiger partial charge in [0.15, 0.2) is 0 Å². The Balaban J connectivity index is 1.59. The third kappa shape index (κ3) is 6.17. The normalized spacial score (nSPS) is 17.8. The van der Waals surface area contributed by atoms with Crippen LogP contribution < -0.4 is 10.5 Å². The van der Waals surface area contributed by atoms with E-state index in [1.54, 1.807) is 24.1 Å². The van der Waals surface area contributed by atoms with Crippen molar-refractivity contribution in [3.63, 3.8) is 0 Å². The van der Waals surface area contributed by atoms with E-state index in [1.165, 1.54) is 17.0 Å². The van der Waals surface area contributed by atoms with Crippen molar-refractivity contribution >= 4 is 11.8 Å². The number of halogens is 1. The van der Waals surface area contributed by atoms with Crippen LogP contribution in [0, 0.1) is 5.82 Å². The molecule has 0 aromatic heterocycles. The monoisotopic (exact) mass is 487 g/mol. The van der Waals surface area contributed by atoms with Gasteiger partial charge in [-0.25, -0.2) is 4.39 Å². The summed E-state index contributed by atoms with van der Waals surface area (Å²) in [5.74, 6) is -0.117. The number of nitrogens with two attached hydrogens (primary N) is 1. The summed E-state index contributed by atoms with van der Waals surface area (Å²) in [7, 11) is 1.60. The van der Waals surface area contributed by atoms with Crippen LogP contribution in [0.1, 0.15) is 22.7 Å². The smallest absolute Gasteiger partial charge is 0.243 e. The number of carbonyl (C=O) groups is 2. The molecule has 1 aliphatic heterocycles. The van der Waals surface area contributed by atoms with E-state index in [0.717, 1.165) is 16.7 Å². The van der Waals surface area contributed by atoms with E-state index in [0.29, 0.717) is 12.2 Å². The minimum absolute atomic E-state index is 0.0977. The maximum absolute atomic E-state index is 13.6. The summed E-state index contributed by atoms with van der Waals surface area (Å²) in [6.07, 6.45) is 4.21. The minimum atomic E-state index is -0.754. The molecular formula is C29H30FN3O3. The maximum Gasteiger partial charge on any atom is 0.243 e. The summed E-state index contributed by atoms with van der Waals surface area (Å²) < 4.78 is 18.8. The standard InChI is InChI=1S/C29H30FN3O3/c1-36-25-15-11-23(12-16-25)27-8-5-17-32(29(35)26(31)18-21-6-3-2-4-7-21)20-28(34)33(27)19-22-9-13-24(30)14-10-22/h2-16,26-27H,17-20,31H2,1H3/b8-5-/t26-,27-/m1/s1. The Kier molecular flexibility index (Phi) is 8.13. The molecule has 2 atom stereocenters. The van der Waals surface area contributed by atoms with E-state index in [1.807, 2.05) is 66.7 Å². The summed E-state index contributed by atoms with van der Waals surface area (Å²) in [6, 6.07) is 22.1. The molecule has 6 nitrogen and oxygen atoms in total. The van der Waals surface area contributed by atoms with Gasteiger partial charge in [-0.3, -0.25) is 9.59 Å². The first kappa shape index (κ1) is 25.1. The van der Waals surface area contributed by atoms with Crippen molar-refractivity contribution in [1.82, 2.24) is 9.80 Å². The lowest BCUT2D eigenvalue weighted by Gasteiger charge is -2.35. The second-order valence-electron chi connectivity index (χ2n) is 8.81. The molecule has 1 heterocycles. The first-order chi connectivity index (χ1) is 17.4. The minimum Gasteiger partial charge on any atom is -0.497 e. The van der Waals surface area contributed by atoms with Crippen molar-refractivity contribution in [2.75, 3.05) is 20.2 Å². The van der Waals surface area contributed by atoms with Crippen LogP contribution in [0.5, 0.6) is 5.75 Å². The third-order valence-electron chi connectivity index (χ3n) is 6.28. The number of nitrogens with zero attached hydrogens (tertiary/aromatic N) is 2. The fourth-order valence-corrected chi connectivity index (χ4v) is 4.32. The van der Waals surface area contributed by atoms with Crippen LogP contribution in [0.2, 0.25) is 0 Å². The van der Waals surface area contributed by atoms with Crippen LogP contribution in [0.3, 0.4) is 0 Å². The van der Waals surface area contributed by atoms with Gasteiger partial charge in [0.25, 0.3) is 0 Å². The predicted octanol–water partition coefficient (Wildman–Crippen LogP) is 3.87. The van der Waals surface area contributed by atoms with Gasteiger partial charge in [0.1, 0.15) is 18.1 Å². The molecule has 0 aliphatic carbocycles. The first-order valence-electron chi connectivity index (χ1n) is 11.9. The van der Waals surface area contributed by atoms with E-state index in [-0.39, 0.29) is 43.3 Å². The van der Waals surface area contributed by atoms with Gasteiger partial charge >= 0.3 is 0 Å². The SMILES string of the molecule is COc1ccc([C@H]2/C=C\CN(C(=O)[C@H](N)Cc3ccccc3)CC(=O)N2Cc2ccc(F)cc2)cc1. The molecule has 7 heteroatoms. The highest BCUT2D eigenvalue weighted by Crippen LogP contribution is 2.28. The van der Waals surface area contributed by atoms with Crippen molar-refractivity contribution in [1.29, 1.82) is 0 Å². The molecule has 0 radical (unpaired) electrons. The summed E-state index contributed by atoms with van der Waals surface area (Å²) >= 11 is 0. The van der Waals surface area contributed by atoms with Gasteiger partial charge in [0.05, 0.1) is 19.2 Å². The van der Waals surface area contributed by atoms with Crippen LogP contribution in [0.15, 0.2) is 91.0 Å². The average molecular weight is 488 g/mol. The van der Waals surface area contributed by atoms with Gasteiger partial charge in [0, 0.05) is 13.1 Å². The molecule has 0 unspecified atom stereocenters. The number of ether oxygens (including phenoxy) is 1. The number of benzene rings is 3. The number of hydrogen-bond donors (Lipinski definition) is 1. The zero-order valence-electron chi connectivity index (χ0n) is 20.2. The number of carbonyl (C=O) groups excluding carboxylic acids is 2. The molecule has 3 aromatic carbocycles. The number of amides is 2. The van der Waals surface area contributed by atoms with Crippen molar-refractivity contribution < 1.29 is 18.7 Å². The van der Waals surface area contributed by atoms with E-state index in [4.69, 9.17) is 10.5 Å². The van der Waals surface area contributed by atoms with E-state index >= 15 is 0 Å². The zero-order chi connectivity index (χ0) is 25.5. The van der Waals surface area contributed by atoms with Crippen molar-refractivity contribution in [2.24, 2.45) is 5.73 Å². The van der Waals surface area contributed by atoms with Gasteiger partial charge in [-0.15, -0.1) is 0 Å². The van der Waals surface area contributed by atoms with E-state index in [2.05, 4.69) is 0 Å². The zero-order valence-corrected chi connectivity index (χ0v) is 20.2. The predicted molar refractivity (Wildman–Crippen MR) is 137 cm³/mol. The Bertz CT molecular complexity index is 1200. The Labute approximate surface area is 210 Å². The van der Waals surface area contributed by atoms with Gasteiger partial charge in [-0.1, -0.05) is 66.7 Å². The average Bonchev–Trinajstić information content (AvgIpc) is 2.89. The van der Waals surface area contributed by atoms with Crippen molar-refractivity contribution in [2.45, 2.75) is 25.0 Å². The fourth-order valence-electron chi connectivity index (χ4n) is 4.32. The third-order valence-corrected chi connectivity index (χ3v) is 6.28. The van der Waals surface area contributed by atoms with Gasteiger partial charge in [-0.2, -0.15) is 0 Å². The van der Waals surface area contributed by atoms with Crippen LogP contribution in [-0.2, 0) is 22.6 Å². The van der Waals surface area contributed by atoms with Crippen molar-refractivity contribution in [3.05, 3.63) is 114 Å². The maximum atomic E-state index is 13.6. The number of hydrogen-bond acceptors (Lipinski definition) is 4. The fraction of sp³-hybridized carbons (Fsp3) is 0.241. The Morgan fingerprint density at radius 2 is 1.72 bits per heavy atom. The van der Waals surface area contributed by atoms with Crippen molar-refractivity contribution in [3.8, 4) is 5.75 Å². The molecule has 0 saturated heterocycles. The largest absolute Gasteiger partial charge is 0.497 e. The molecule has 4 rings (SSSR count). The lowest BCUT2D eigenvalue weighted by molar-refractivity contribution is -0.142. The second-order valence-corrected chi connectivity index (χ2v) is 8.81. The van der Waals surface area contributed by atoms with E-state index in [9.17, 15) is 14.0 Å². The van der Waals surface area contributed by atoms with Crippen LogP contribution in [0.25, 0.3) is 0 Å². The lowest BCUT2D eigenvalue weighted by atomic mass is 10.0. The highest BCUT2D eigenvalue weighted by Gasteiger charge is 2.30. The summed E-state index contributed by atoms with van der Waals surface area (Å²) in [5, 5.41) is 0. The first-order valence-corrected chi connectivity index (χ1v) is 11.9. The Morgan fingerprint density at radius 3 is 2.39 bits per heavy atom. The molecule has 0 spiro atoms. The molecule has 2 N–H and O–H groups in total. The molecule has 0 saturated carbocycles. The number of methoxy groups -OCH3 is 1. The lowest BCUT2D eigenvalue weighted by Crippen LogP contribution is -2.50. The Hall–Kier alpha value is -3.97. The van der Waals surface area contributed by atoms with E-state index < -0.39 is 6.04 Å². The highest BCUT2D eigenvalue weighted by molar-refractivity contribution is 5.88. The van der Waals surface area contributed by atoms with Crippen LogP contribution in [-0.4, -0.2) is 47.9 Å². The Morgan fingerprint density at radius 1 is 1.03 bits per heavy atom. The second kappa shape index (κ2) is 11.6. The molecule has 3 aromatic rings. The topological polar surface area (TPSA) is 75.9 Å². The van der Waals surface area contributed by atoms with Gasteiger partial charge in [0.2, 0.25) is 11.8 Å². The molecule has 1 aliphatic rings. The molecule has 186 valence electrons. The quantitative estimate of drug-likeness (QED) is 0.514. The van der Waals surface area contributed by atoms with Gasteiger partial charge in [-0.05, 0) is 47.4 Å². The number of rotatable bonds is 7. The van der Waals surface area contributed by atoms with Crippen LogP contribution >= 0.6 is 0 Å². The molecule has 0 bridgehead atoms.